The zero-order chi connectivity index (χ0) is 25.7. The van der Waals surface area contributed by atoms with Crippen LogP contribution in [0.25, 0.3) is 0 Å². The van der Waals surface area contributed by atoms with Gasteiger partial charge in [0.05, 0.1) is 18.8 Å². The molecule has 5 N–H and O–H groups in total. The number of hydrogen-bond acceptors (Lipinski definition) is 11. The van der Waals surface area contributed by atoms with Crippen LogP contribution in [-0.2, 0) is 23.7 Å². The second-order valence-electron chi connectivity index (χ2n) is 9.15. The summed E-state index contributed by atoms with van der Waals surface area (Å²) in [5.74, 6) is -1.37. The van der Waals surface area contributed by atoms with Crippen LogP contribution in [0.15, 0.2) is 24.3 Å². The lowest BCUT2D eigenvalue weighted by Gasteiger charge is -2.41. The van der Waals surface area contributed by atoms with Crippen molar-refractivity contribution < 1.29 is 54.1 Å². The lowest BCUT2D eigenvalue weighted by atomic mass is 9.85. The van der Waals surface area contributed by atoms with E-state index in [0.29, 0.717) is 12.8 Å². The predicted octanol–water partition coefficient (Wildman–Crippen LogP) is -0.0405. The average molecular weight is 499 g/mol. The van der Waals surface area contributed by atoms with Crippen molar-refractivity contribution in [2.24, 2.45) is 17.8 Å². The van der Waals surface area contributed by atoms with Crippen molar-refractivity contribution in [2.75, 3.05) is 20.3 Å². The van der Waals surface area contributed by atoms with Crippen LogP contribution in [0.2, 0.25) is 0 Å². The van der Waals surface area contributed by atoms with Crippen LogP contribution in [0.5, 0.6) is 5.75 Å². The number of methoxy groups -OCH3 is 1. The summed E-state index contributed by atoms with van der Waals surface area (Å²) in [7, 11) is 1.31. The molecule has 3 rings (SSSR count). The first-order chi connectivity index (χ1) is 16.7. The number of hydrogen-bond donors (Lipinski definition) is 5. The highest BCUT2D eigenvalue weighted by atomic mass is 16.7. The lowest BCUT2D eigenvalue weighted by molar-refractivity contribution is -0.313. The average Bonchev–Trinajstić information content (AvgIpc) is 3.12. The molecule has 1 heterocycles. The van der Waals surface area contributed by atoms with E-state index in [4.69, 9.17) is 18.9 Å². The minimum atomic E-state index is -1.61. The number of aliphatic hydroxyl groups is 4. The molecule has 1 aliphatic heterocycles. The van der Waals surface area contributed by atoms with Crippen LogP contribution < -0.4 is 0 Å². The van der Waals surface area contributed by atoms with Gasteiger partial charge in [0.25, 0.3) is 0 Å². The normalized spacial score (nSPS) is 35.0. The fourth-order valence-electron chi connectivity index (χ4n) is 4.88. The summed E-state index contributed by atoms with van der Waals surface area (Å²) in [6.07, 6.45) is -6.52. The highest BCUT2D eigenvalue weighted by molar-refractivity contribution is 5.89. The van der Waals surface area contributed by atoms with Gasteiger partial charge in [0.2, 0.25) is 0 Å². The highest BCUT2D eigenvalue weighted by Crippen LogP contribution is 2.43. The number of carbonyl (C=O) groups is 2. The monoisotopic (exact) mass is 498 g/mol. The number of phenols is 1. The van der Waals surface area contributed by atoms with Crippen LogP contribution in [-0.4, -0.2) is 94.6 Å². The molecular formula is C24H34O11. The Bertz CT molecular complexity index is 844. The van der Waals surface area contributed by atoms with Crippen LogP contribution >= 0.6 is 0 Å². The fraction of sp³-hybridized carbons (Fsp3) is 0.667. The van der Waals surface area contributed by atoms with E-state index in [1.54, 1.807) is 0 Å². The van der Waals surface area contributed by atoms with Gasteiger partial charge >= 0.3 is 11.9 Å². The van der Waals surface area contributed by atoms with E-state index in [2.05, 4.69) is 0 Å². The molecule has 35 heavy (non-hydrogen) atoms. The number of esters is 2. The number of benzene rings is 1. The molecule has 1 aliphatic carbocycles. The summed E-state index contributed by atoms with van der Waals surface area (Å²) in [5.41, 5.74) is 0.174. The Morgan fingerprint density at radius 1 is 1.09 bits per heavy atom. The number of rotatable bonds is 9. The minimum Gasteiger partial charge on any atom is -0.508 e. The van der Waals surface area contributed by atoms with Gasteiger partial charge in [-0.05, 0) is 54.9 Å². The van der Waals surface area contributed by atoms with Crippen molar-refractivity contribution in [3.05, 3.63) is 29.8 Å². The second kappa shape index (κ2) is 12.1. The first kappa shape index (κ1) is 27.3. The molecule has 2 aliphatic rings. The van der Waals surface area contributed by atoms with Crippen LogP contribution in [0.3, 0.4) is 0 Å². The summed E-state index contributed by atoms with van der Waals surface area (Å²) in [5, 5.41) is 49.9. The highest BCUT2D eigenvalue weighted by Gasteiger charge is 2.49. The summed E-state index contributed by atoms with van der Waals surface area (Å²) in [6.45, 7) is 1.43. The first-order valence-corrected chi connectivity index (χ1v) is 11.6. The van der Waals surface area contributed by atoms with E-state index in [-0.39, 0.29) is 48.1 Å². The Hall–Kier alpha value is -2.28. The Kier molecular flexibility index (Phi) is 9.45. The summed E-state index contributed by atoms with van der Waals surface area (Å²) in [6, 6.07) is 5.39. The molecule has 11 nitrogen and oxygen atoms in total. The van der Waals surface area contributed by atoms with Crippen LogP contribution in [0, 0.1) is 17.8 Å². The van der Waals surface area contributed by atoms with Crippen LogP contribution in [0.4, 0.5) is 0 Å². The van der Waals surface area contributed by atoms with Crippen LogP contribution in [0.1, 0.15) is 36.5 Å². The quantitative estimate of drug-likeness (QED) is 0.289. The second-order valence-corrected chi connectivity index (χ2v) is 9.15. The first-order valence-electron chi connectivity index (χ1n) is 11.6. The SMILES string of the molecule is COC(=O)C[C@H]1[C@@H](CCO)C[C@H](O[C@@H]2O[C@H](COC(=O)c3ccc(O)cc3)[C@@H](O)[C@H](O)[C@H]2O)[C@H]1C. The molecule has 2 fully saturated rings. The van der Waals surface area contributed by atoms with Gasteiger partial charge in [0.15, 0.2) is 6.29 Å². The third kappa shape index (κ3) is 6.49. The van der Waals surface area contributed by atoms with Crippen molar-refractivity contribution in [3.63, 3.8) is 0 Å². The molecular weight excluding hydrogens is 464 g/mol. The number of aliphatic hydroxyl groups excluding tert-OH is 4. The topological polar surface area (TPSA) is 172 Å². The molecule has 196 valence electrons. The van der Waals surface area contributed by atoms with Crippen molar-refractivity contribution in [3.8, 4) is 5.75 Å². The summed E-state index contributed by atoms with van der Waals surface area (Å²) < 4.78 is 21.7. The molecule has 9 atom stereocenters. The maximum Gasteiger partial charge on any atom is 0.338 e. The van der Waals surface area contributed by atoms with E-state index in [1.807, 2.05) is 6.92 Å². The minimum absolute atomic E-state index is 0.0131. The molecule has 1 saturated heterocycles. The van der Waals surface area contributed by atoms with E-state index in [1.165, 1.54) is 31.4 Å². The molecule has 0 aromatic heterocycles. The molecule has 0 spiro atoms. The van der Waals surface area contributed by atoms with Gasteiger partial charge in [-0.25, -0.2) is 4.79 Å². The molecule has 0 radical (unpaired) electrons. The maximum absolute atomic E-state index is 12.3. The smallest absolute Gasteiger partial charge is 0.338 e. The number of aromatic hydroxyl groups is 1. The molecule has 1 aromatic rings. The van der Waals surface area contributed by atoms with Gasteiger partial charge in [-0.3, -0.25) is 4.79 Å². The Morgan fingerprint density at radius 2 is 1.77 bits per heavy atom. The summed E-state index contributed by atoms with van der Waals surface area (Å²) >= 11 is 0. The molecule has 0 amide bonds. The van der Waals surface area contributed by atoms with Crippen molar-refractivity contribution >= 4 is 11.9 Å². The number of carbonyl (C=O) groups excluding carboxylic acids is 2. The number of phenolic OH excluding ortho intramolecular Hbond substituents is 1. The van der Waals surface area contributed by atoms with E-state index in [9.17, 15) is 35.1 Å². The zero-order valence-corrected chi connectivity index (χ0v) is 19.7. The van der Waals surface area contributed by atoms with Gasteiger partial charge in [0.1, 0.15) is 36.8 Å². The molecule has 11 heteroatoms. The Balaban J connectivity index is 1.64. The van der Waals surface area contributed by atoms with E-state index < -0.39 is 49.4 Å². The van der Waals surface area contributed by atoms with Crippen molar-refractivity contribution in [1.29, 1.82) is 0 Å². The van der Waals surface area contributed by atoms with Gasteiger partial charge in [-0.2, -0.15) is 0 Å². The van der Waals surface area contributed by atoms with Gasteiger partial charge < -0.3 is 44.5 Å². The third-order valence-electron chi connectivity index (χ3n) is 6.99. The van der Waals surface area contributed by atoms with Crippen molar-refractivity contribution in [2.45, 2.75) is 63.0 Å². The van der Waals surface area contributed by atoms with Gasteiger partial charge in [-0.15, -0.1) is 0 Å². The lowest BCUT2D eigenvalue weighted by Crippen LogP contribution is -2.60. The van der Waals surface area contributed by atoms with E-state index >= 15 is 0 Å². The largest absolute Gasteiger partial charge is 0.508 e. The number of ether oxygens (including phenoxy) is 4. The summed E-state index contributed by atoms with van der Waals surface area (Å²) in [4.78, 5) is 24.1. The fourth-order valence-corrected chi connectivity index (χ4v) is 4.88. The van der Waals surface area contributed by atoms with E-state index in [0.717, 1.165) is 0 Å². The molecule has 1 aromatic carbocycles. The molecule has 0 unspecified atom stereocenters. The predicted molar refractivity (Wildman–Crippen MR) is 119 cm³/mol. The molecule has 1 saturated carbocycles. The van der Waals surface area contributed by atoms with Gasteiger partial charge in [0, 0.05) is 13.0 Å². The zero-order valence-electron chi connectivity index (χ0n) is 19.7. The standard InChI is InChI=1S/C24H34O11/c1-12-16(10-19(27)32-2)14(7-8-25)9-17(12)34-24-22(30)21(29)20(28)18(35-24)11-33-23(31)13-3-5-15(26)6-4-13/h3-6,12,14,16-18,20-22,24-26,28-30H,7-11H2,1-2H3/t12-,14-,16+,17-,18+,20+,21-,22+,24+/m0/s1. The molecule has 0 bridgehead atoms. The third-order valence-corrected chi connectivity index (χ3v) is 6.99. The Labute approximate surface area is 203 Å². The Morgan fingerprint density at radius 3 is 2.40 bits per heavy atom. The maximum atomic E-state index is 12.3. The van der Waals surface area contributed by atoms with Crippen molar-refractivity contribution in [1.82, 2.24) is 0 Å². The van der Waals surface area contributed by atoms with Gasteiger partial charge in [-0.1, -0.05) is 6.92 Å².